The molecule has 0 radical (unpaired) electrons. The molecule has 0 aliphatic carbocycles. The third kappa shape index (κ3) is 2.93. The average Bonchev–Trinajstić information content (AvgIpc) is 2.16. The van der Waals surface area contributed by atoms with Crippen LogP contribution in [0.1, 0.15) is 0 Å². The first kappa shape index (κ1) is 12.4. The lowest BCUT2D eigenvalue weighted by molar-refractivity contribution is -0.384. The number of alkyl halides is 3. The van der Waals surface area contributed by atoms with E-state index in [1.54, 1.807) is 0 Å². The molecule has 0 aliphatic heterocycles. The quantitative estimate of drug-likeness (QED) is 0.460. The van der Waals surface area contributed by atoms with Crippen LogP contribution in [0.5, 0.6) is 0 Å². The van der Waals surface area contributed by atoms with Crippen molar-refractivity contribution in [2.75, 3.05) is 0 Å². The molecule has 0 spiro atoms. The van der Waals surface area contributed by atoms with Gasteiger partial charge in [-0.15, -0.1) is 0 Å². The van der Waals surface area contributed by atoms with Gasteiger partial charge >= 0.3 is 6.18 Å². The monoisotopic (exact) mass is 252 g/mol. The molecule has 16 heavy (non-hydrogen) atoms. The predicted octanol–water partition coefficient (Wildman–Crippen LogP) is 3.43. The normalized spacial score (nSPS) is 12.6. The highest BCUT2D eigenvalue weighted by Gasteiger charge is 2.35. The summed E-state index contributed by atoms with van der Waals surface area (Å²) in [7, 11) is 0. The third-order valence-electron chi connectivity index (χ3n) is 1.53. The fourth-order valence-corrected chi connectivity index (χ4v) is 0.973. The molecule has 0 amide bonds. The first-order valence-corrected chi connectivity index (χ1v) is 4.25. The largest absolute Gasteiger partial charge is 0.444 e. The van der Waals surface area contributed by atoms with Crippen LogP contribution in [0.15, 0.2) is 29.3 Å². The Kier molecular flexibility index (Phi) is 3.48. The van der Waals surface area contributed by atoms with Gasteiger partial charge in [0, 0.05) is 6.07 Å². The number of hydrogen-bond donors (Lipinski definition) is 0. The van der Waals surface area contributed by atoms with Gasteiger partial charge in [0.1, 0.15) is 5.69 Å². The van der Waals surface area contributed by atoms with Crippen LogP contribution in [0.25, 0.3) is 0 Å². The summed E-state index contributed by atoms with van der Waals surface area (Å²) in [6.07, 6.45) is -4.81. The Hall–Kier alpha value is -1.63. The lowest BCUT2D eigenvalue weighted by atomic mass is 10.3. The van der Waals surface area contributed by atoms with E-state index in [-0.39, 0.29) is 0 Å². The van der Waals surface area contributed by atoms with Gasteiger partial charge in [-0.3, -0.25) is 10.1 Å². The number of rotatable bonds is 2. The van der Waals surface area contributed by atoms with Gasteiger partial charge in [0.25, 0.3) is 5.69 Å². The number of benzene rings is 1. The van der Waals surface area contributed by atoms with Crippen molar-refractivity contribution in [1.29, 1.82) is 0 Å². The molecule has 0 aromatic heterocycles. The van der Waals surface area contributed by atoms with Gasteiger partial charge in [-0.25, -0.2) is 4.99 Å². The Morgan fingerprint density at radius 1 is 1.38 bits per heavy atom. The van der Waals surface area contributed by atoms with Gasteiger partial charge in [0.2, 0.25) is 5.17 Å². The van der Waals surface area contributed by atoms with Gasteiger partial charge < -0.3 is 0 Å². The van der Waals surface area contributed by atoms with Crippen LogP contribution in [-0.2, 0) is 0 Å². The molecular weight excluding hydrogens is 249 g/mol. The highest BCUT2D eigenvalue weighted by atomic mass is 35.5. The molecule has 0 heterocycles. The molecule has 86 valence electrons. The van der Waals surface area contributed by atoms with Crippen LogP contribution in [0.3, 0.4) is 0 Å². The van der Waals surface area contributed by atoms with Crippen molar-refractivity contribution in [3.63, 3.8) is 0 Å². The Bertz CT molecular complexity index is 445. The zero-order valence-corrected chi connectivity index (χ0v) is 8.29. The van der Waals surface area contributed by atoms with Crippen molar-refractivity contribution in [1.82, 2.24) is 0 Å². The molecule has 0 saturated carbocycles. The summed E-state index contributed by atoms with van der Waals surface area (Å²) in [5.74, 6) is 0. The number of hydrogen-bond acceptors (Lipinski definition) is 3. The van der Waals surface area contributed by atoms with E-state index >= 15 is 0 Å². The average molecular weight is 253 g/mol. The van der Waals surface area contributed by atoms with Gasteiger partial charge in [0.15, 0.2) is 0 Å². The molecule has 0 bridgehead atoms. The summed E-state index contributed by atoms with van der Waals surface area (Å²) in [6, 6.07) is 4.76. The van der Waals surface area contributed by atoms with Gasteiger partial charge in [-0.2, -0.15) is 13.2 Å². The lowest BCUT2D eigenvalue weighted by Crippen LogP contribution is -2.16. The van der Waals surface area contributed by atoms with Crippen molar-refractivity contribution in [2.24, 2.45) is 4.99 Å². The summed E-state index contributed by atoms with van der Waals surface area (Å²) < 4.78 is 36.1. The summed E-state index contributed by atoms with van der Waals surface area (Å²) in [4.78, 5) is 12.6. The SMILES string of the molecule is O=[N+]([O-])c1ccccc1N=C(Cl)C(F)(F)F. The number of nitro benzene ring substituents is 1. The molecule has 8 heteroatoms. The molecule has 4 nitrogen and oxygen atoms in total. The minimum atomic E-state index is -4.81. The van der Waals surface area contributed by atoms with Crippen molar-refractivity contribution in [3.05, 3.63) is 34.4 Å². The Morgan fingerprint density at radius 2 is 1.94 bits per heavy atom. The zero-order valence-electron chi connectivity index (χ0n) is 7.53. The third-order valence-corrected chi connectivity index (χ3v) is 1.83. The predicted molar refractivity (Wildman–Crippen MR) is 52.1 cm³/mol. The highest BCUT2D eigenvalue weighted by Crippen LogP contribution is 2.30. The topological polar surface area (TPSA) is 55.5 Å². The van der Waals surface area contributed by atoms with E-state index < -0.39 is 27.6 Å². The molecule has 1 aromatic carbocycles. The molecule has 0 atom stereocenters. The molecule has 0 fully saturated rings. The van der Waals surface area contributed by atoms with Crippen molar-refractivity contribution >= 4 is 28.1 Å². The second-order valence-corrected chi connectivity index (χ2v) is 3.00. The van der Waals surface area contributed by atoms with Crippen LogP contribution in [0.2, 0.25) is 0 Å². The Balaban J connectivity index is 3.20. The molecule has 0 unspecified atom stereocenters. The Labute approximate surface area is 92.5 Å². The first-order chi connectivity index (χ1) is 7.32. The maximum atomic E-state index is 12.0. The molecule has 0 N–H and O–H groups in total. The van der Waals surface area contributed by atoms with E-state index in [2.05, 4.69) is 4.99 Å². The molecule has 1 aromatic rings. The molecule has 0 saturated heterocycles. The number of para-hydroxylation sites is 2. The summed E-state index contributed by atoms with van der Waals surface area (Å²) in [5.41, 5.74) is -0.972. The molecule has 1 rings (SSSR count). The summed E-state index contributed by atoms with van der Waals surface area (Å²) in [5, 5.41) is 8.81. The van der Waals surface area contributed by atoms with E-state index in [0.717, 1.165) is 12.1 Å². The fraction of sp³-hybridized carbons (Fsp3) is 0.125. The van der Waals surface area contributed by atoms with Crippen molar-refractivity contribution in [3.8, 4) is 0 Å². The van der Waals surface area contributed by atoms with E-state index in [0.29, 0.717) is 0 Å². The maximum absolute atomic E-state index is 12.0. The molecular formula is C8H4ClF3N2O2. The maximum Gasteiger partial charge on any atom is 0.444 e. The van der Waals surface area contributed by atoms with Gasteiger partial charge in [0.05, 0.1) is 4.92 Å². The zero-order chi connectivity index (χ0) is 12.3. The Morgan fingerprint density at radius 3 is 2.44 bits per heavy atom. The van der Waals surface area contributed by atoms with Crippen molar-refractivity contribution in [2.45, 2.75) is 6.18 Å². The standard InChI is InChI=1S/C8H4ClF3N2O2/c9-7(8(10,11)12)13-5-3-1-2-4-6(5)14(15)16/h1-4H. The van der Waals surface area contributed by atoms with Gasteiger partial charge in [-0.05, 0) is 6.07 Å². The highest BCUT2D eigenvalue weighted by molar-refractivity contribution is 6.67. The van der Waals surface area contributed by atoms with E-state index in [1.807, 2.05) is 0 Å². The van der Waals surface area contributed by atoms with Crippen LogP contribution in [-0.4, -0.2) is 16.3 Å². The number of nitro groups is 1. The number of nitrogens with zero attached hydrogens (tertiary/aromatic N) is 2. The van der Waals surface area contributed by atoms with E-state index in [1.165, 1.54) is 12.1 Å². The van der Waals surface area contributed by atoms with E-state index in [4.69, 9.17) is 11.6 Å². The van der Waals surface area contributed by atoms with E-state index in [9.17, 15) is 23.3 Å². The minimum Gasteiger partial charge on any atom is -0.258 e. The number of aliphatic imine (C=N–C) groups is 1. The minimum absolute atomic E-state index is 0.435. The summed E-state index contributed by atoms with van der Waals surface area (Å²) in [6.45, 7) is 0. The second-order valence-electron chi connectivity index (χ2n) is 2.65. The number of halogens is 4. The first-order valence-electron chi connectivity index (χ1n) is 3.87. The van der Waals surface area contributed by atoms with Crippen LogP contribution in [0.4, 0.5) is 24.5 Å². The van der Waals surface area contributed by atoms with Crippen LogP contribution in [0, 0.1) is 10.1 Å². The fourth-order valence-electron chi connectivity index (χ4n) is 0.882. The van der Waals surface area contributed by atoms with Crippen molar-refractivity contribution < 1.29 is 18.1 Å². The second kappa shape index (κ2) is 4.48. The van der Waals surface area contributed by atoms with Gasteiger partial charge in [-0.1, -0.05) is 23.7 Å². The van der Waals surface area contributed by atoms with Crippen LogP contribution < -0.4 is 0 Å². The smallest absolute Gasteiger partial charge is 0.258 e. The molecule has 0 aliphatic rings. The summed E-state index contributed by atoms with van der Waals surface area (Å²) >= 11 is 4.87. The van der Waals surface area contributed by atoms with Crippen LogP contribution >= 0.6 is 11.6 Å². The lowest BCUT2D eigenvalue weighted by Gasteiger charge is -2.03.